The van der Waals surface area contributed by atoms with Gasteiger partial charge in [0.2, 0.25) is 0 Å². The fraction of sp³-hybridized carbons (Fsp3) is 0.0714. The molecule has 0 aliphatic carbocycles. The Morgan fingerprint density at radius 1 is 1.25 bits per heavy atom. The zero-order chi connectivity index (χ0) is 14.1. The van der Waals surface area contributed by atoms with Crippen LogP contribution in [0.25, 0.3) is 11.2 Å². The van der Waals surface area contributed by atoms with Crippen molar-refractivity contribution in [1.29, 1.82) is 0 Å². The summed E-state index contributed by atoms with van der Waals surface area (Å²) in [7, 11) is 0. The standard InChI is InChI=1S/C14H10FN3O2/c1-8-2-3-9(6-10(8)15)20-11-4-5-16-14-13(11)17-7-12(19)18-14/h2-7H,1H3,(H,16,18,19). The molecule has 2 heterocycles. The normalized spacial score (nSPS) is 10.7. The van der Waals surface area contributed by atoms with Crippen LogP contribution in [-0.2, 0) is 0 Å². The molecule has 0 atom stereocenters. The number of benzene rings is 1. The third kappa shape index (κ3) is 2.23. The molecule has 6 heteroatoms. The fourth-order valence-electron chi connectivity index (χ4n) is 1.77. The van der Waals surface area contributed by atoms with Crippen LogP contribution in [-0.4, -0.2) is 15.0 Å². The summed E-state index contributed by atoms with van der Waals surface area (Å²) in [6.07, 6.45) is 2.63. The van der Waals surface area contributed by atoms with Crippen LogP contribution in [0.1, 0.15) is 5.56 Å². The van der Waals surface area contributed by atoms with Gasteiger partial charge < -0.3 is 9.72 Å². The van der Waals surface area contributed by atoms with Gasteiger partial charge in [-0.15, -0.1) is 0 Å². The van der Waals surface area contributed by atoms with E-state index in [0.29, 0.717) is 28.2 Å². The van der Waals surface area contributed by atoms with Crippen LogP contribution < -0.4 is 10.3 Å². The van der Waals surface area contributed by atoms with E-state index in [0.717, 1.165) is 6.20 Å². The molecule has 0 saturated carbocycles. The molecule has 0 amide bonds. The Balaban J connectivity index is 2.06. The molecule has 0 bridgehead atoms. The number of hydrogen-bond donors (Lipinski definition) is 1. The van der Waals surface area contributed by atoms with E-state index in [9.17, 15) is 9.18 Å². The summed E-state index contributed by atoms with van der Waals surface area (Å²) >= 11 is 0. The van der Waals surface area contributed by atoms with Gasteiger partial charge in [0.05, 0.1) is 6.20 Å². The second kappa shape index (κ2) is 4.73. The van der Waals surface area contributed by atoms with Gasteiger partial charge in [-0.1, -0.05) is 6.07 Å². The molecule has 0 spiro atoms. The Bertz CT molecular complexity index is 845. The largest absolute Gasteiger partial charge is 0.455 e. The highest BCUT2D eigenvalue weighted by molar-refractivity contribution is 5.76. The van der Waals surface area contributed by atoms with Crippen LogP contribution in [0.5, 0.6) is 11.5 Å². The van der Waals surface area contributed by atoms with Crippen molar-refractivity contribution < 1.29 is 9.13 Å². The zero-order valence-electron chi connectivity index (χ0n) is 10.6. The van der Waals surface area contributed by atoms with E-state index >= 15 is 0 Å². The molecular formula is C14H10FN3O2. The summed E-state index contributed by atoms with van der Waals surface area (Å²) in [5, 5.41) is 0. The molecule has 3 rings (SSSR count). The molecule has 5 nitrogen and oxygen atoms in total. The van der Waals surface area contributed by atoms with E-state index in [1.807, 2.05) is 0 Å². The molecule has 0 saturated heterocycles. The number of aromatic nitrogens is 3. The number of pyridine rings is 1. The second-order valence-corrected chi connectivity index (χ2v) is 4.27. The molecule has 0 aliphatic rings. The van der Waals surface area contributed by atoms with Crippen LogP contribution in [0.2, 0.25) is 0 Å². The number of aryl methyl sites for hydroxylation is 1. The average molecular weight is 271 g/mol. The number of halogens is 1. The van der Waals surface area contributed by atoms with Crippen LogP contribution in [0.15, 0.2) is 41.5 Å². The maximum atomic E-state index is 13.5. The molecule has 2 aromatic heterocycles. The number of nitrogens with one attached hydrogen (secondary N) is 1. The highest BCUT2D eigenvalue weighted by Gasteiger charge is 2.08. The number of aromatic amines is 1. The minimum Gasteiger partial charge on any atom is -0.455 e. The van der Waals surface area contributed by atoms with Crippen molar-refractivity contribution in [2.75, 3.05) is 0 Å². The SMILES string of the molecule is Cc1ccc(Oc2ccnc3[nH]c(=O)cnc23)cc1F. The molecule has 1 N–H and O–H groups in total. The molecule has 0 fully saturated rings. The van der Waals surface area contributed by atoms with Crippen LogP contribution in [0.3, 0.4) is 0 Å². The lowest BCUT2D eigenvalue weighted by Gasteiger charge is -2.08. The lowest BCUT2D eigenvalue weighted by atomic mass is 10.2. The Labute approximate surface area is 113 Å². The Kier molecular flexibility index (Phi) is 2.90. The number of hydrogen-bond acceptors (Lipinski definition) is 4. The van der Waals surface area contributed by atoms with Gasteiger partial charge in [-0.05, 0) is 18.6 Å². The minimum atomic E-state index is -0.345. The average Bonchev–Trinajstić information content (AvgIpc) is 2.43. The Morgan fingerprint density at radius 3 is 2.90 bits per heavy atom. The summed E-state index contributed by atoms with van der Waals surface area (Å²) in [6.45, 7) is 1.67. The van der Waals surface area contributed by atoms with E-state index in [4.69, 9.17) is 4.74 Å². The molecule has 20 heavy (non-hydrogen) atoms. The highest BCUT2D eigenvalue weighted by Crippen LogP contribution is 2.26. The van der Waals surface area contributed by atoms with E-state index < -0.39 is 0 Å². The monoisotopic (exact) mass is 271 g/mol. The summed E-state index contributed by atoms with van der Waals surface area (Å²) < 4.78 is 19.1. The summed E-state index contributed by atoms with van der Waals surface area (Å²) in [5.74, 6) is 0.408. The number of H-pyrrole nitrogens is 1. The molecule has 0 unspecified atom stereocenters. The first-order chi connectivity index (χ1) is 9.63. The van der Waals surface area contributed by atoms with E-state index in [1.54, 1.807) is 25.1 Å². The van der Waals surface area contributed by atoms with Gasteiger partial charge in [0.25, 0.3) is 5.56 Å². The summed E-state index contributed by atoms with van der Waals surface area (Å²) in [6, 6.07) is 6.19. The number of ether oxygens (including phenoxy) is 1. The van der Waals surface area contributed by atoms with Crippen molar-refractivity contribution in [1.82, 2.24) is 15.0 Å². The number of rotatable bonds is 2. The highest BCUT2D eigenvalue weighted by atomic mass is 19.1. The lowest BCUT2D eigenvalue weighted by molar-refractivity contribution is 0.479. The quantitative estimate of drug-likeness (QED) is 0.777. The second-order valence-electron chi connectivity index (χ2n) is 4.27. The Hall–Kier alpha value is -2.76. The summed E-state index contributed by atoms with van der Waals surface area (Å²) in [5.41, 5.74) is 0.929. The molecule has 0 radical (unpaired) electrons. The predicted molar refractivity (Wildman–Crippen MR) is 71.4 cm³/mol. The van der Waals surface area contributed by atoms with Gasteiger partial charge in [0.1, 0.15) is 17.1 Å². The van der Waals surface area contributed by atoms with Gasteiger partial charge >= 0.3 is 0 Å². The maximum Gasteiger partial charge on any atom is 0.268 e. The molecule has 100 valence electrons. The lowest BCUT2D eigenvalue weighted by Crippen LogP contribution is -2.06. The predicted octanol–water partition coefficient (Wildman–Crippen LogP) is 2.56. The third-order valence-corrected chi connectivity index (χ3v) is 2.81. The topological polar surface area (TPSA) is 67.9 Å². The van der Waals surface area contributed by atoms with Gasteiger partial charge in [-0.25, -0.2) is 14.4 Å². The van der Waals surface area contributed by atoms with Crippen molar-refractivity contribution in [2.24, 2.45) is 0 Å². The van der Waals surface area contributed by atoms with Crippen LogP contribution in [0, 0.1) is 12.7 Å². The first-order valence-corrected chi connectivity index (χ1v) is 5.91. The van der Waals surface area contributed by atoms with E-state index in [2.05, 4.69) is 15.0 Å². The van der Waals surface area contributed by atoms with Crippen molar-refractivity contribution in [2.45, 2.75) is 6.92 Å². The molecule has 0 aliphatic heterocycles. The number of fused-ring (bicyclic) bond motifs is 1. The maximum absolute atomic E-state index is 13.5. The third-order valence-electron chi connectivity index (χ3n) is 2.81. The van der Waals surface area contributed by atoms with E-state index in [1.165, 1.54) is 12.3 Å². The van der Waals surface area contributed by atoms with Gasteiger partial charge in [-0.3, -0.25) is 4.79 Å². The minimum absolute atomic E-state index is 0.322. The van der Waals surface area contributed by atoms with Crippen molar-refractivity contribution in [3.63, 3.8) is 0 Å². The van der Waals surface area contributed by atoms with Gasteiger partial charge in [0.15, 0.2) is 11.4 Å². The van der Waals surface area contributed by atoms with Crippen LogP contribution >= 0.6 is 0 Å². The van der Waals surface area contributed by atoms with E-state index in [-0.39, 0.29) is 11.4 Å². The zero-order valence-corrected chi connectivity index (χ0v) is 10.6. The Morgan fingerprint density at radius 2 is 2.10 bits per heavy atom. The first-order valence-electron chi connectivity index (χ1n) is 5.91. The molecule has 1 aromatic carbocycles. The molecule has 3 aromatic rings. The van der Waals surface area contributed by atoms with Gasteiger partial charge in [-0.2, -0.15) is 0 Å². The fourth-order valence-corrected chi connectivity index (χ4v) is 1.77. The van der Waals surface area contributed by atoms with Crippen molar-refractivity contribution >= 4 is 11.2 Å². The van der Waals surface area contributed by atoms with Crippen molar-refractivity contribution in [3.8, 4) is 11.5 Å². The van der Waals surface area contributed by atoms with Crippen LogP contribution in [0.4, 0.5) is 4.39 Å². The first kappa shape index (κ1) is 12.3. The van der Waals surface area contributed by atoms with Crippen molar-refractivity contribution in [3.05, 3.63) is 58.4 Å². The summed E-state index contributed by atoms with van der Waals surface area (Å²) in [4.78, 5) is 21.7. The molecular weight excluding hydrogens is 261 g/mol. The van der Waals surface area contributed by atoms with Gasteiger partial charge in [0, 0.05) is 18.3 Å². The number of nitrogens with zero attached hydrogens (tertiary/aromatic N) is 2. The smallest absolute Gasteiger partial charge is 0.268 e.